The molecule has 1 fully saturated rings. The second-order valence-corrected chi connectivity index (χ2v) is 4.52. The summed E-state index contributed by atoms with van der Waals surface area (Å²) in [4.78, 5) is 6.19. The minimum atomic E-state index is -0.648. The predicted octanol–water partition coefficient (Wildman–Crippen LogP) is -0.679. The Bertz CT molecular complexity index is 456. The summed E-state index contributed by atoms with van der Waals surface area (Å²) >= 11 is 0. The van der Waals surface area contributed by atoms with E-state index >= 15 is 0 Å². The van der Waals surface area contributed by atoms with E-state index in [2.05, 4.69) is 10.3 Å². The summed E-state index contributed by atoms with van der Waals surface area (Å²) in [5, 5.41) is 22.0. The van der Waals surface area contributed by atoms with Crippen LogP contribution in [-0.4, -0.2) is 46.9 Å². The Labute approximate surface area is 104 Å². The Morgan fingerprint density at radius 2 is 2.44 bits per heavy atom. The van der Waals surface area contributed by atoms with Crippen molar-refractivity contribution >= 4 is 17.2 Å². The van der Waals surface area contributed by atoms with Gasteiger partial charge in [-0.1, -0.05) is 0 Å². The van der Waals surface area contributed by atoms with Gasteiger partial charge in [0.2, 0.25) is 0 Å². The Balaban J connectivity index is 1.83. The maximum Gasteiger partial charge on any atom is 0.157 e. The Kier molecular flexibility index (Phi) is 2.73. The number of rotatable bonds is 2. The lowest BCUT2D eigenvalue weighted by Gasteiger charge is -2.24. The second kappa shape index (κ2) is 4.27. The molecule has 18 heavy (non-hydrogen) atoms. The standard InChI is InChI=1S/C11H16N4O3/c12-6-1-2-13-11-10(6)14-5-15(11)9-3-7(17)8(4-16)18-9/h1-2,7-9,14,16-17H,3-5H2,(H2,12,13). The van der Waals surface area contributed by atoms with Gasteiger partial charge in [0, 0.05) is 12.6 Å². The lowest BCUT2D eigenvalue weighted by Crippen LogP contribution is -2.35. The summed E-state index contributed by atoms with van der Waals surface area (Å²) in [6, 6.07) is 1.73. The largest absolute Gasteiger partial charge is 0.397 e. The third-order valence-electron chi connectivity index (χ3n) is 3.39. The smallest absolute Gasteiger partial charge is 0.157 e. The van der Waals surface area contributed by atoms with Crippen molar-refractivity contribution in [1.82, 2.24) is 4.98 Å². The molecule has 5 N–H and O–H groups in total. The molecule has 1 aromatic heterocycles. The molecule has 0 bridgehead atoms. The topological polar surface area (TPSA) is 104 Å². The molecule has 0 radical (unpaired) electrons. The summed E-state index contributed by atoms with van der Waals surface area (Å²) in [5.41, 5.74) is 7.29. The molecule has 2 aliphatic rings. The van der Waals surface area contributed by atoms with E-state index in [1.807, 2.05) is 4.90 Å². The fraction of sp³-hybridized carbons (Fsp3) is 0.545. The fourth-order valence-corrected chi connectivity index (χ4v) is 2.41. The highest BCUT2D eigenvalue weighted by molar-refractivity contribution is 5.82. The van der Waals surface area contributed by atoms with E-state index in [1.54, 1.807) is 12.3 Å². The number of hydrogen-bond donors (Lipinski definition) is 4. The third-order valence-corrected chi connectivity index (χ3v) is 3.39. The molecule has 1 aromatic rings. The number of nitrogens with one attached hydrogen (secondary N) is 1. The molecule has 7 nitrogen and oxygen atoms in total. The molecule has 0 spiro atoms. The van der Waals surface area contributed by atoms with Crippen molar-refractivity contribution in [3.8, 4) is 0 Å². The minimum Gasteiger partial charge on any atom is -0.397 e. The zero-order valence-electron chi connectivity index (χ0n) is 9.78. The lowest BCUT2D eigenvalue weighted by atomic mass is 10.2. The van der Waals surface area contributed by atoms with Gasteiger partial charge in [-0.15, -0.1) is 0 Å². The van der Waals surface area contributed by atoms with Crippen LogP contribution in [-0.2, 0) is 4.74 Å². The molecular weight excluding hydrogens is 236 g/mol. The van der Waals surface area contributed by atoms with E-state index in [0.29, 0.717) is 18.8 Å². The first-order valence-electron chi connectivity index (χ1n) is 5.90. The summed E-state index contributed by atoms with van der Waals surface area (Å²) in [5.74, 6) is 0.728. The molecule has 0 amide bonds. The first-order chi connectivity index (χ1) is 8.70. The van der Waals surface area contributed by atoms with Crippen LogP contribution in [0.25, 0.3) is 0 Å². The van der Waals surface area contributed by atoms with Crippen molar-refractivity contribution < 1.29 is 14.9 Å². The van der Waals surface area contributed by atoms with Crippen LogP contribution in [0.3, 0.4) is 0 Å². The molecular formula is C11H16N4O3. The number of aromatic nitrogens is 1. The quantitative estimate of drug-likeness (QED) is 0.553. The Morgan fingerprint density at radius 1 is 1.61 bits per heavy atom. The van der Waals surface area contributed by atoms with Gasteiger partial charge in [-0.2, -0.15) is 0 Å². The summed E-state index contributed by atoms with van der Waals surface area (Å²) in [6.07, 6.45) is 0.622. The Morgan fingerprint density at radius 3 is 3.17 bits per heavy atom. The molecule has 3 atom stereocenters. The van der Waals surface area contributed by atoms with Crippen molar-refractivity contribution in [3.05, 3.63) is 12.3 Å². The van der Waals surface area contributed by atoms with E-state index < -0.39 is 12.2 Å². The molecule has 3 unspecified atom stereocenters. The fourth-order valence-electron chi connectivity index (χ4n) is 2.41. The van der Waals surface area contributed by atoms with Crippen LogP contribution in [0.2, 0.25) is 0 Å². The number of fused-ring (bicyclic) bond motifs is 1. The number of hydrogen-bond acceptors (Lipinski definition) is 7. The predicted molar refractivity (Wildman–Crippen MR) is 66.0 cm³/mol. The maximum absolute atomic E-state index is 9.75. The van der Waals surface area contributed by atoms with Gasteiger partial charge >= 0.3 is 0 Å². The first-order valence-corrected chi connectivity index (χ1v) is 5.90. The van der Waals surface area contributed by atoms with Crippen LogP contribution in [0.5, 0.6) is 0 Å². The monoisotopic (exact) mass is 252 g/mol. The van der Waals surface area contributed by atoms with Crippen molar-refractivity contribution in [3.63, 3.8) is 0 Å². The molecule has 3 rings (SSSR count). The van der Waals surface area contributed by atoms with Gasteiger partial charge in [-0.25, -0.2) is 4.98 Å². The lowest BCUT2D eigenvalue weighted by molar-refractivity contribution is -0.0218. The number of nitrogen functional groups attached to an aromatic ring is 1. The summed E-state index contributed by atoms with van der Waals surface area (Å²) in [6.45, 7) is 0.349. The van der Waals surface area contributed by atoms with E-state index in [1.165, 1.54) is 0 Å². The first kappa shape index (κ1) is 11.5. The second-order valence-electron chi connectivity index (χ2n) is 4.52. The number of aliphatic hydroxyl groups excluding tert-OH is 2. The molecule has 2 aliphatic heterocycles. The van der Waals surface area contributed by atoms with Crippen LogP contribution >= 0.6 is 0 Å². The third kappa shape index (κ3) is 1.67. The van der Waals surface area contributed by atoms with Crippen molar-refractivity contribution in [2.45, 2.75) is 24.9 Å². The minimum absolute atomic E-state index is 0.184. The molecule has 1 saturated heterocycles. The maximum atomic E-state index is 9.75. The zero-order valence-corrected chi connectivity index (χ0v) is 9.78. The highest BCUT2D eigenvalue weighted by Crippen LogP contribution is 2.37. The average molecular weight is 252 g/mol. The van der Waals surface area contributed by atoms with Crippen LogP contribution in [0.4, 0.5) is 17.2 Å². The van der Waals surface area contributed by atoms with Gasteiger partial charge in [-0.3, -0.25) is 0 Å². The highest BCUT2D eigenvalue weighted by atomic mass is 16.5. The van der Waals surface area contributed by atoms with Crippen LogP contribution in [0.1, 0.15) is 6.42 Å². The van der Waals surface area contributed by atoms with Gasteiger partial charge in [0.15, 0.2) is 5.82 Å². The van der Waals surface area contributed by atoms with Crippen LogP contribution < -0.4 is 16.0 Å². The van der Waals surface area contributed by atoms with Gasteiger partial charge in [0.25, 0.3) is 0 Å². The molecule has 0 aliphatic carbocycles. The number of anilines is 3. The van der Waals surface area contributed by atoms with E-state index in [4.69, 9.17) is 15.6 Å². The molecule has 0 saturated carbocycles. The molecule has 0 aromatic carbocycles. The summed E-state index contributed by atoms with van der Waals surface area (Å²) in [7, 11) is 0. The van der Waals surface area contributed by atoms with Gasteiger partial charge in [0.1, 0.15) is 18.0 Å². The van der Waals surface area contributed by atoms with E-state index in [9.17, 15) is 5.11 Å². The number of nitrogens with two attached hydrogens (primary N) is 1. The summed E-state index contributed by atoms with van der Waals surface area (Å²) < 4.78 is 5.61. The molecule has 3 heterocycles. The Hall–Kier alpha value is -1.57. The van der Waals surface area contributed by atoms with Gasteiger partial charge in [-0.05, 0) is 6.07 Å². The zero-order chi connectivity index (χ0) is 12.7. The number of nitrogens with zero attached hydrogens (tertiary/aromatic N) is 2. The van der Waals surface area contributed by atoms with Crippen molar-refractivity contribution in [2.75, 3.05) is 29.2 Å². The van der Waals surface area contributed by atoms with Crippen molar-refractivity contribution in [2.24, 2.45) is 0 Å². The van der Waals surface area contributed by atoms with Gasteiger partial charge in [0.05, 0.1) is 25.1 Å². The number of pyridine rings is 1. The molecule has 7 heteroatoms. The normalized spacial score (nSPS) is 30.3. The number of ether oxygens (including phenoxy) is 1. The SMILES string of the molecule is Nc1ccnc2c1NCN2C1CC(O)C(CO)O1. The van der Waals surface area contributed by atoms with Crippen LogP contribution in [0, 0.1) is 0 Å². The van der Waals surface area contributed by atoms with E-state index in [0.717, 1.165) is 11.5 Å². The average Bonchev–Trinajstić information content (AvgIpc) is 2.93. The van der Waals surface area contributed by atoms with Crippen molar-refractivity contribution in [1.29, 1.82) is 0 Å². The van der Waals surface area contributed by atoms with Gasteiger partial charge < -0.3 is 30.9 Å². The molecule has 98 valence electrons. The van der Waals surface area contributed by atoms with Crippen LogP contribution in [0.15, 0.2) is 12.3 Å². The highest BCUT2D eigenvalue weighted by Gasteiger charge is 2.39. The number of aliphatic hydroxyl groups is 2. The van der Waals surface area contributed by atoms with E-state index in [-0.39, 0.29) is 12.8 Å².